The highest BCUT2D eigenvalue weighted by Gasteiger charge is 2.11. The second-order valence-electron chi connectivity index (χ2n) is 4.20. The Bertz CT molecular complexity index is 796. The number of para-hydroxylation sites is 2. The Labute approximate surface area is 109 Å². The van der Waals surface area contributed by atoms with Crippen molar-refractivity contribution in [1.82, 2.24) is 4.98 Å². The van der Waals surface area contributed by atoms with E-state index in [0.717, 1.165) is 10.8 Å². The third-order valence-corrected chi connectivity index (χ3v) is 3.08. The maximum atomic E-state index is 11.2. The van der Waals surface area contributed by atoms with E-state index >= 15 is 0 Å². The van der Waals surface area contributed by atoms with Crippen LogP contribution in [0.15, 0.2) is 42.5 Å². The lowest BCUT2D eigenvalue weighted by Gasteiger charge is -2.07. The molecule has 1 heterocycles. The van der Waals surface area contributed by atoms with Crippen LogP contribution in [0.25, 0.3) is 21.8 Å². The van der Waals surface area contributed by atoms with Crippen LogP contribution in [0.4, 0.5) is 0 Å². The molecule has 4 heteroatoms. The first-order valence-electron chi connectivity index (χ1n) is 5.80. The van der Waals surface area contributed by atoms with Gasteiger partial charge in [0, 0.05) is 10.8 Å². The van der Waals surface area contributed by atoms with E-state index < -0.39 is 5.97 Å². The molecule has 0 radical (unpaired) electrons. The Morgan fingerprint density at radius 3 is 2.47 bits per heavy atom. The fourth-order valence-corrected chi connectivity index (χ4v) is 2.19. The minimum absolute atomic E-state index is 0.199. The summed E-state index contributed by atoms with van der Waals surface area (Å²) in [7, 11) is 1.57. The molecule has 0 atom stereocenters. The number of methoxy groups -OCH3 is 1. The van der Waals surface area contributed by atoms with Gasteiger partial charge < -0.3 is 9.84 Å². The zero-order valence-corrected chi connectivity index (χ0v) is 10.3. The van der Waals surface area contributed by atoms with Gasteiger partial charge in [0.15, 0.2) is 0 Å². The van der Waals surface area contributed by atoms with Crippen LogP contribution >= 0.6 is 0 Å². The van der Waals surface area contributed by atoms with E-state index in [0.29, 0.717) is 16.8 Å². The molecule has 0 unspecified atom stereocenters. The second-order valence-corrected chi connectivity index (χ2v) is 4.20. The van der Waals surface area contributed by atoms with Crippen LogP contribution in [0.3, 0.4) is 0 Å². The molecule has 0 bridgehead atoms. The Kier molecular flexibility index (Phi) is 2.56. The van der Waals surface area contributed by atoms with Crippen molar-refractivity contribution in [2.24, 2.45) is 0 Å². The molecule has 0 saturated carbocycles. The average Bonchev–Trinajstić information content (AvgIpc) is 2.43. The number of ether oxygens (including phenoxy) is 1. The molecule has 3 aromatic rings. The van der Waals surface area contributed by atoms with Crippen LogP contribution in [0.1, 0.15) is 10.4 Å². The average molecular weight is 253 g/mol. The van der Waals surface area contributed by atoms with Gasteiger partial charge in [-0.1, -0.05) is 24.3 Å². The lowest BCUT2D eigenvalue weighted by Crippen LogP contribution is -1.99. The first-order valence-corrected chi connectivity index (χ1v) is 5.80. The van der Waals surface area contributed by atoms with Crippen molar-refractivity contribution in [3.8, 4) is 5.75 Å². The Morgan fingerprint density at radius 1 is 1.11 bits per heavy atom. The third kappa shape index (κ3) is 1.78. The second kappa shape index (κ2) is 4.24. The Hall–Kier alpha value is -2.62. The summed E-state index contributed by atoms with van der Waals surface area (Å²) in [5, 5.41) is 10.9. The largest absolute Gasteiger partial charge is 0.494 e. The third-order valence-electron chi connectivity index (χ3n) is 3.08. The van der Waals surface area contributed by atoms with Gasteiger partial charge in [0.2, 0.25) is 0 Å². The maximum Gasteiger partial charge on any atom is 0.337 e. The first-order chi connectivity index (χ1) is 9.20. The zero-order valence-electron chi connectivity index (χ0n) is 10.3. The van der Waals surface area contributed by atoms with Crippen LogP contribution in [0.2, 0.25) is 0 Å². The summed E-state index contributed by atoms with van der Waals surface area (Å²) in [6.45, 7) is 0. The van der Waals surface area contributed by atoms with Crippen LogP contribution in [-0.2, 0) is 0 Å². The molecular weight excluding hydrogens is 242 g/mol. The van der Waals surface area contributed by atoms with Gasteiger partial charge in [-0.3, -0.25) is 0 Å². The van der Waals surface area contributed by atoms with E-state index in [4.69, 9.17) is 4.74 Å². The fraction of sp³-hybridized carbons (Fsp3) is 0.0667. The number of aromatic nitrogens is 1. The van der Waals surface area contributed by atoms with Gasteiger partial charge in [0.05, 0.1) is 18.2 Å². The van der Waals surface area contributed by atoms with Gasteiger partial charge >= 0.3 is 5.97 Å². The molecule has 1 N–H and O–H groups in total. The topological polar surface area (TPSA) is 59.4 Å². The number of pyridine rings is 1. The number of carbonyl (C=O) groups is 1. The molecule has 94 valence electrons. The minimum Gasteiger partial charge on any atom is -0.494 e. The highest BCUT2D eigenvalue weighted by Crippen LogP contribution is 2.28. The van der Waals surface area contributed by atoms with Crippen molar-refractivity contribution >= 4 is 27.8 Å². The lowest BCUT2D eigenvalue weighted by molar-refractivity contribution is 0.0699. The maximum absolute atomic E-state index is 11.2. The van der Waals surface area contributed by atoms with Crippen molar-refractivity contribution in [1.29, 1.82) is 0 Å². The summed E-state index contributed by atoms with van der Waals surface area (Å²) in [6, 6.07) is 12.7. The molecular formula is C15H11NO3. The number of hydrogen-bond acceptors (Lipinski definition) is 3. The minimum atomic E-state index is -0.979. The number of benzene rings is 2. The molecule has 0 saturated heterocycles. The number of carboxylic acid groups (broad SMARTS) is 1. The van der Waals surface area contributed by atoms with E-state index in [9.17, 15) is 9.90 Å². The lowest BCUT2D eigenvalue weighted by atomic mass is 10.1. The quantitative estimate of drug-likeness (QED) is 0.713. The molecule has 4 nitrogen and oxygen atoms in total. The van der Waals surface area contributed by atoms with Gasteiger partial charge in [-0.2, -0.15) is 0 Å². The standard InChI is InChI=1S/C15H11NO3/c1-19-12-7-3-5-10-8-9-4-2-6-11(15(17)18)13(9)16-14(10)12/h2-8H,1H3,(H,17,18). The number of fused-ring (bicyclic) bond motifs is 2. The highest BCUT2D eigenvalue weighted by atomic mass is 16.5. The summed E-state index contributed by atoms with van der Waals surface area (Å²) in [5.74, 6) is -0.341. The molecule has 0 spiro atoms. The van der Waals surface area contributed by atoms with Gasteiger partial charge in [0.25, 0.3) is 0 Å². The highest BCUT2D eigenvalue weighted by molar-refractivity contribution is 6.05. The van der Waals surface area contributed by atoms with E-state index in [2.05, 4.69) is 4.98 Å². The summed E-state index contributed by atoms with van der Waals surface area (Å²) < 4.78 is 5.27. The van der Waals surface area contributed by atoms with Crippen LogP contribution in [-0.4, -0.2) is 23.2 Å². The van der Waals surface area contributed by atoms with E-state index in [-0.39, 0.29) is 5.56 Å². The van der Waals surface area contributed by atoms with Crippen LogP contribution in [0, 0.1) is 0 Å². The summed E-state index contributed by atoms with van der Waals surface area (Å²) in [4.78, 5) is 15.7. The van der Waals surface area contributed by atoms with E-state index in [1.165, 1.54) is 0 Å². The van der Waals surface area contributed by atoms with Crippen molar-refractivity contribution in [3.05, 3.63) is 48.0 Å². The van der Waals surface area contributed by atoms with Gasteiger partial charge in [-0.15, -0.1) is 0 Å². The molecule has 0 fully saturated rings. The normalized spacial score (nSPS) is 10.8. The molecule has 2 aromatic carbocycles. The summed E-state index contributed by atoms with van der Waals surface area (Å²) >= 11 is 0. The summed E-state index contributed by atoms with van der Waals surface area (Å²) in [5.41, 5.74) is 1.35. The van der Waals surface area contributed by atoms with E-state index in [1.54, 1.807) is 19.2 Å². The Balaban J connectivity index is 2.46. The van der Waals surface area contributed by atoms with Gasteiger partial charge in [-0.05, 0) is 18.2 Å². The molecule has 3 rings (SSSR count). The summed E-state index contributed by atoms with van der Waals surface area (Å²) in [6.07, 6.45) is 0. The number of rotatable bonds is 2. The zero-order chi connectivity index (χ0) is 13.4. The molecule has 0 aliphatic heterocycles. The first kappa shape index (κ1) is 11.5. The number of nitrogens with zero attached hydrogens (tertiary/aromatic N) is 1. The SMILES string of the molecule is COc1cccc2cc3cccc(C(=O)O)c3nc12. The van der Waals surface area contributed by atoms with Crippen molar-refractivity contribution in [3.63, 3.8) is 0 Å². The van der Waals surface area contributed by atoms with Crippen molar-refractivity contribution in [2.45, 2.75) is 0 Å². The smallest absolute Gasteiger partial charge is 0.337 e. The van der Waals surface area contributed by atoms with Crippen molar-refractivity contribution < 1.29 is 14.6 Å². The van der Waals surface area contributed by atoms with E-state index in [1.807, 2.05) is 30.3 Å². The number of aromatic carboxylic acids is 1. The fourth-order valence-electron chi connectivity index (χ4n) is 2.19. The van der Waals surface area contributed by atoms with Crippen molar-refractivity contribution in [2.75, 3.05) is 7.11 Å². The molecule has 1 aromatic heterocycles. The predicted molar refractivity (Wildman–Crippen MR) is 72.8 cm³/mol. The Morgan fingerprint density at radius 2 is 1.79 bits per heavy atom. The molecule has 19 heavy (non-hydrogen) atoms. The molecule has 0 aliphatic carbocycles. The van der Waals surface area contributed by atoms with Gasteiger partial charge in [-0.25, -0.2) is 9.78 Å². The predicted octanol–water partition coefficient (Wildman–Crippen LogP) is 3.09. The molecule has 0 amide bonds. The van der Waals surface area contributed by atoms with Gasteiger partial charge in [0.1, 0.15) is 11.3 Å². The monoisotopic (exact) mass is 253 g/mol. The van der Waals surface area contributed by atoms with Crippen LogP contribution in [0.5, 0.6) is 5.75 Å². The number of carboxylic acids is 1. The van der Waals surface area contributed by atoms with Crippen LogP contribution < -0.4 is 4.74 Å². The number of hydrogen-bond donors (Lipinski definition) is 1. The molecule has 0 aliphatic rings.